The molecule has 0 radical (unpaired) electrons. The number of hydrogen-bond acceptors (Lipinski definition) is 7. The van der Waals surface area contributed by atoms with Crippen molar-refractivity contribution in [2.24, 2.45) is 0 Å². The lowest BCUT2D eigenvalue weighted by Crippen LogP contribution is -2.45. The summed E-state index contributed by atoms with van der Waals surface area (Å²) in [4.78, 5) is 5.87. The molecule has 1 aromatic heterocycles. The summed E-state index contributed by atoms with van der Waals surface area (Å²) in [5.41, 5.74) is 1.75. The van der Waals surface area contributed by atoms with Crippen molar-refractivity contribution >= 4 is 26.5 Å². The lowest BCUT2D eigenvalue weighted by Gasteiger charge is -2.24. The highest BCUT2D eigenvalue weighted by Gasteiger charge is 2.26. The summed E-state index contributed by atoms with van der Waals surface area (Å²) < 4.78 is 34.6. The Bertz CT molecular complexity index is 994. The molecule has 9 heteroatoms. The maximum Gasteiger partial charge on any atom is 0.244 e. The summed E-state index contributed by atoms with van der Waals surface area (Å²) in [6, 6.07) is 5.72. The van der Waals surface area contributed by atoms with Crippen LogP contribution in [0.3, 0.4) is 0 Å². The number of nitrogens with one attached hydrogen (secondary N) is 3. The van der Waals surface area contributed by atoms with Crippen molar-refractivity contribution in [2.75, 3.05) is 25.5 Å². The van der Waals surface area contributed by atoms with Crippen LogP contribution >= 0.6 is 11.3 Å². The van der Waals surface area contributed by atoms with E-state index in [1.807, 2.05) is 13.0 Å². The van der Waals surface area contributed by atoms with Crippen LogP contribution in [-0.2, 0) is 10.0 Å². The maximum atomic E-state index is 13.2. The van der Waals surface area contributed by atoms with Gasteiger partial charge in [-0.25, -0.2) is 18.1 Å². The Hall–Kier alpha value is -1.68. The molecule has 2 heterocycles. The third-order valence-electron chi connectivity index (χ3n) is 6.06. The van der Waals surface area contributed by atoms with E-state index in [0.717, 1.165) is 40.7 Å². The molecular weight excluding hydrogens is 432 g/mol. The zero-order valence-electron chi connectivity index (χ0n) is 18.2. The smallest absolute Gasteiger partial charge is 0.244 e. The average Bonchev–Trinajstić information content (AvgIpc) is 3.14. The number of sulfonamides is 1. The zero-order valence-corrected chi connectivity index (χ0v) is 19.9. The van der Waals surface area contributed by atoms with Gasteiger partial charge in [-0.2, -0.15) is 0 Å². The third kappa shape index (κ3) is 5.39. The van der Waals surface area contributed by atoms with Crippen LogP contribution in [0.25, 0.3) is 10.4 Å². The molecule has 4 rings (SSSR count). The van der Waals surface area contributed by atoms with E-state index in [0.29, 0.717) is 18.3 Å². The van der Waals surface area contributed by atoms with E-state index in [-0.39, 0.29) is 10.9 Å². The van der Waals surface area contributed by atoms with Gasteiger partial charge in [0, 0.05) is 18.6 Å². The molecule has 3 N–H and O–H groups in total. The number of nitrogens with zero attached hydrogens (tertiary/aromatic N) is 1. The molecule has 1 saturated heterocycles. The molecule has 0 amide bonds. The molecule has 2 fully saturated rings. The van der Waals surface area contributed by atoms with Gasteiger partial charge in [0.15, 0.2) is 5.13 Å². The molecule has 0 spiro atoms. The highest BCUT2D eigenvalue weighted by Crippen LogP contribution is 2.37. The standard InChI is InChI=1S/C22H32N4O3S2/c1-15-21(30-22(24-15)25-17-7-4-3-5-8-17)16-10-11-19(29-2)20(13-16)31(27,28)26-18-9-6-12-23-14-18/h10-11,13,17-18,23,26H,3-9,12,14H2,1-2H3,(H,24,25). The molecular formula is C22H32N4O3S2. The van der Waals surface area contributed by atoms with Crippen LogP contribution in [0.1, 0.15) is 50.6 Å². The van der Waals surface area contributed by atoms with Crippen molar-refractivity contribution in [3.63, 3.8) is 0 Å². The monoisotopic (exact) mass is 464 g/mol. The largest absolute Gasteiger partial charge is 0.495 e. The first-order chi connectivity index (χ1) is 15.0. The topological polar surface area (TPSA) is 92.3 Å². The molecule has 31 heavy (non-hydrogen) atoms. The molecule has 1 aliphatic heterocycles. The SMILES string of the molecule is COc1ccc(-c2sc(NC3CCCCC3)nc2C)cc1S(=O)(=O)NC1CCCNC1. The van der Waals surface area contributed by atoms with Crippen molar-refractivity contribution in [3.05, 3.63) is 23.9 Å². The lowest BCUT2D eigenvalue weighted by atomic mass is 9.96. The number of aryl methyl sites for hydroxylation is 1. The fourth-order valence-corrected chi connectivity index (χ4v) is 6.92. The van der Waals surface area contributed by atoms with Gasteiger partial charge >= 0.3 is 0 Å². The quantitative estimate of drug-likeness (QED) is 0.576. The summed E-state index contributed by atoms with van der Waals surface area (Å²) in [5, 5.41) is 7.73. The van der Waals surface area contributed by atoms with Gasteiger partial charge < -0.3 is 15.4 Å². The number of rotatable bonds is 7. The van der Waals surface area contributed by atoms with Gasteiger partial charge in [-0.3, -0.25) is 0 Å². The Labute approximate surface area is 189 Å². The predicted octanol–water partition coefficient (Wildman–Crippen LogP) is 3.90. The van der Waals surface area contributed by atoms with Gasteiger partial charge in [0.2, 0.25) is 10.0 Å². The molecule has 1 unspecified atom stereocenters. The molecule has 1 saturated carbocycles. The van der Waals surface area contributed by atoms with Gasteiger partial charge in [0.1, 0.15) is 10.6 Å². The fourth-order valence-electron chi connectivity index (χ4n) is 4.41. The van der Waals surface area contributed by atoms with Gasteiger partial charge in [0.25, 0.3) is 0 Å². The van der Waals surface area contributed by atoms with E-state index < -0.39 is 10.0 Å². The van der Waals surface area contributed by atoms with Gasteiger partial charge in [-0.05, 0) is 62.9 Å². The maximum absolute atomic E-state index is 13.2. The number of anilines is 1. The lowest BCUT2D eigenvalue weighted by molar-refractivity contribution is 0.399. The second kappa shape index (κ2) is 9.85. The van der Waals surface area contributed by atoms with E-state index in [1.165, 1.54) is 39.2 Å². The van der Waals surface area contributed by atoms with Crippen LogP contribution in [0.4, 0.5) is 5.13 Å². The molecule has 2 aliphatic rings. The molecule has 1 aliphatic carbocycles. The second-order valence-corrected chi connectivity index (χ2v) is 11.1. The number of piperidine rings is 1. The Kier molecular flexibility index (Phi) is 7.15. The molecule has 170 valence electrons. The molecule has 0 bridgehead atoms. The number of benzene rings is 1. The number of thiazole rings is 1. The number of methoxy groups -OCH3 is 1. The van der Waals surface area contributed by atoms with E-state index >= 15 is 0 Å². The minimum atomic E-state index is -3.71. The van der Waals surface area contributed by atoms with E-state index in [9.17, 15) is 8.42 Å². The van der Waals surface area contributed by atoms with Crippen LogP contribution in [0.5, 0.6) is 5.75 Å². The number of ether oxygens (including phenoxy) is 1. The first-order valence-electron chi connectivity index (χ1n) is 11.1. The predicted molar refractivity (Wildman–Crippen MR) is 126 cm³/mol. The van der Waals surface area contributed by atoms with Crippen molar-refractivity contribution in [1.29, 1.82) is 0 Å². The normalized spacial score (nSPS) is 20.5. The zero-order chi connectivity index (χ0) is 21.8. The summed E-state index contributed by atoms with van der Waals surface area (Å²) >= 11 is 1.59. The van der Waals surface area contributed by atoms with Crippen molar-refractivity contribution in [3.8, 4) is 16.2 Å². The number of aromatic nitrogens is 1. The number of hydrogen-bond donors (Lipinski definition) is 3. The van der Waals surface area contributed by atoms with Crippen LogP contribution in [-0.4, -0.2) is 45.7 Å². The van der Waals surface area contributed by atoms with Crippen LogP contribution < -0.4 is 20.1 Å². The molecule has 1 aromatic carbocycles. The van der Waals surface area contributed by atoms with Crippen LogP contribution in [0, 0.1) is 6.92 Å². The Balaban J connectivity index is 1.59. The minimum absolute atomic E-state index is 0.108. The van der Waals surface area contributed by atoms with Gasteiger partial charge in [-0.1, -0.05) is 30.6 Å². The first-order valence-corrected chi connectivity index (χ1v) is 13.4. The van der Waals surface area contributed by atoms with E-state index in [2.05, 4.69) is 15.4 Å². The molecule has 7 nitrogen and oxygen atoms in total. The second-order valence-electron chi connectivity index (χ2n) is 8.44. The third-order valence-corrected chi connectivity index (χ3v) is 8.74. The highest BCUT2D eigenvalue weighted by atomic mass is 32.2. The van der Waals surface area contributed by atoms with Crippen molar-refractivity contribution in [2.45, 2.75) is 68.8 Å². The summed E-state index contributed by atoms with van der Waals surface area (Å²) in [5.74, 6) is 0.350. The molecule has 1 atom stereocenters. The van der Waals surface area contributed by atoms with E-state index in [4.69, 9.17) is 9.72 Å². The Morgan fingerprint density at radius 1 is 1.13 bits per heavy atom. The summed E-state index contributed by atoms with van der Waals surface area (Å²) in [7, 11) is -2.21. The summed E-state index contributed by atoms with van der Waals surface area (Å²) in [6.07, 6.45) is 7.99. The van der Waals surface area contributed by atoms with Crippen LogP contribution in [0.2, 0.25) is 0 Å². The highest BCUT2D eigenvalue weighted by molar-refractivity contribution is 7.89. The van der Waals surface area contributed by atoms with Gasteiger partial charge in [0.05, 0.1) is 17.7 Å². The van der Waals surface area contributed by atoms with Crippen molar-refractivity contribution < 1.29 is 13.2 Å². The van der Waals surface area contributed by atoms with Gasteiger partial charge in [-0.15, -0.1) is 0 Å². The van der Waals surface area contributed by atoms with E-state index in [1.54, 1.807) is 23.5 Å². The Morgan fingerprint density at radius 3 is 2.61 bits per heavy atom. The van der Waals surface area contributed by atoms with Crippen LogP contribution in [0.15, 0.2) is 23.1 Å². The summed E-state index contributed by atoms with van der Waals surface area (Å²) in [6.45, 7) is 3.55. The van der Waals surface area contributed by atoms with Crippen molar-refractivity contribution in [1.82, 2.24) is 15.0 Å². The Morgan fingerprint density at radius 2 is 1.90 bits per heavy atom. The fraction of sp³-hybridized carbons (Fsp3) is 0.591. The first kappa shape index (κ1) is 22.5. The minimum Gasteiger partial charge on any atom is -0.495 e. The molecule has 2 aromatic rings. The average molecular weight is 465 g/mol.